The van der Waals surface area contributed by atoms with Crippen molar-refractivity contribution in [3.8, 4) is 0 Å². The van der Waals surface area contributed by atoms with E-state index in [1.165, 1.54) is 4.31 Å². The van der Waals surface area contributed by atoms with Crippen LogP contribution in [0, 0.1) is 0 Å². The summed E-state index contributed by atoms with van der Waals surface area (Å²) in [5.74, 6) is -0.234. The highest BCUT2D eigenvalue weighted by Gasteiger charge is 2.23. The van der Waals surface area contributed by atoms with Crippen molar-refractivity contribution >= 4 is 27.7 Å². The maximum atomic E-state index is 13.3. The van der Waals surface area contributed by atoms with E-state index < -0.39 is 21.7 Å². The van der Waals surface area contributed by atoms with Crippen LogP contribution >= 0.6 is 0 Å². The first-order valence-corrected chi connectivity index (χ1v) is 14.8. The fraction of sp³-hybridized carbons (Fsp3) is 0.464. The van der Waals surface area contributed by atoms with E-state index >= 15 is 0 Å². The van der Waals surface area contributed by atoms with Crippen molar-refractivity contribution in [2.24, 2.45) is 0 Å². The van der Waals surface area contributed by atoms with E-state index in [9.17, 15) is 18.0 Å². The van der Waals surface area contributed by atoms with Crippen molar-refractivity contribution in [3.63, 3.8) is 0 Å². The number of amides is 2. The standard InChI is InChI=1S/C28H39N5O6S.H2/c1-5-15-33(17-19-38-18-6-13-30-27(35)39-28(2,3)4)40(36,37)24-10-7-22(8-11-24)20-31-26(34)23-9-12-25-29-14-16-32(25)21-23;/h7-12,14,16,21H,5-6,13,15,17-20H2,1-4H3,(H,30,35)(H,31,34);1H. The summed E-state index contributed by atoms with van der Waals surface area (Å²) < 4.78 is 40.5. The molecule has 2 N–H and O–H groups in total. The Morgan fingerprint density at radius 3 is 2.50 bits per heavy atom. The highest BCUT2D eigenvalue weighted by molar-refractivity contribution is 7.89. The fourth-order valence-electron chi connectivity index (χ4n) is 3.82. The zero-order valence-corrected chi connectivity index (χ0v) is 24.4. The largest absolute Gasteiger partial charge is 0.444 e. The van der Waals surface area contributed by atoms with Gasteiger partial charge < -0.3 is 24.5 Å². The fourth-order valence-corrected chi connectivity index (χ4v) is 5.33. The monoisotopic (exact) mass is 575 g/mol. The average molecular weight is 576 g/mol. The van der Waals surface area contributed by atoms with Gasteiger partial charge in [-0.1, -0.05) is 19.1 Å². The van der Waals surface area contributed by atoms with E-state index in [1.807, 2.05) is 6.92 Å². The predicted octanol–water partition coefficient (Wildman–Crippen LogP) is 3.84. The molecular formula is C28H41N5O6S. The zero-order valence-electron chi connectivity index (χ0n) is 23.6. The number of imidazole rings is 1. The van der Waals surface area contributed by atoms with Gasteiger partial charge in [0.1, 0.15) is 11.2 Å². The summed E-state index contributed by atoms with van der Waals surface area (Å²) in [7, 11) is -3.71. The third-order valence-electron chi connectivity index (χ3n) is 5.76. The summed E-state index contributed by atoms with van der Waals surface area (Å²) in [4.78, 5) is 28.6. The van der Waals surface area contributed by atoms with E-state index in [1.54, 1.807) is 80.2 Å². The molecule has 0 spiro atoms. The Kier molecular flexibility index (Phi) is 11.1. The smallest absolute Gasteiger partial charge is 0.407 e. The molecule has 0 fully saturated rings. The van der Waals surface area contributed by atoms with E-state index in [0.717, 1.165) is 11.2 Å². The van der Waals surface area contributed by atoms with Crippen LogP contribution in [0.2, 0.25) is 0 Å². The quantitative estimate of drug-likeness (QED) is 0.279. The van der Waals surface area contributed by atoms with Crippen molar-refractivity contribution in [2.45, 2.75) is 57.6 Å². The summed E-state index contributed by atoms with van der Waals surface area (Å²) in [5, 5.41) is 5.52. The number of nitrogens with zero attached hydrogens (tertiary/aromatic N) is 3. The molecule has 2 aromatic heterocycles. The molecule has 220 valence electrons. The van der Waals surface area contributed by atoms with Gasteiger partial charge in [0, 0.05) is 52.8 Å². The molecule has 12 heteroatoms. The number of carbonyl (C=O) groups excluding carboxylic acids is 2. The minimum Gasteiger partial charge on any atom is -0.444 e. The van der Waals surface area contributed by atoms with Crippen LogP contribution in [-0.4, -0.2) is 72.6 Å². The molecule has 0 aliphatic rings. The molecule has 0 aliphatic carbocycles. The van der Waals surface area contributed by atoms with Crippen molar-refractivity contribution in [1.82, 2.24) is 24.3 Å². The first kappa shape index (κ1) is 31.1. The second kappa shape index (κ2) is 14.2. The lowest BCUT2D eigenvalue weighted by atomic mass is 10.2. The van der Waals surface area contributed by atoms with Gasteiger partial charge in [0.05, 0.1) is 17.1 Å². The third kappa shape index (κ3) is 9.32. The number of pyridine rings is 1. The summed E-state index contributed by atoms with van der Waals surface area (Å²) in [6.07, 6.45) is 5.90. The Morgan fingerprint density at radius 2 is 1.80 bits per heavy atom. The Bertz CT molecular complexity index is 1370. The molecule has 0 aliphatic heterocycles. The molecule has 2 amide bonds. The number of rotatable bonds is 14. The average Bonchev–Trinajstić information content (AvgIpc) is 3.38. The maximum absolute atomic E-state index is 13.3. The van der Waals surface area contributed by atoms with Gasteiger partial charge >= 0.3 is 6.09 Å². The highest BCUT2D eigenvalue weighted by atomic mass is 32.2. The minimum atomic E-state index is -3.71. The van der Waals surface area contributed by atoms with Gasteiger partial charge in [0.15, 0.2) is 0 Å². The Labute approximate surface area is 237 Å². The second-order valence-corrected chi connectivity index (χ2v) is 12.2. The number of hydrogen-bond acceptors (Lipinski definition) is 7. The van der Waals surface area contributed by atoms with Gasteiger partial charge in [-0.25, -0.2) is 18.2 Å². The number of sulfonamides is 1. The molecular weight excluding hydrogens is 534 g/mol. The van der Waals surface area contributed by atoms with Gasteiger partial charge in [-0.05, 0) is 63.4 Å². The van der Waals surface area contributed by atoms with Gasteiger partial charge in [0.2, 0.25) is 10.0 Å². The van der Waals surface area contributed by atoms with Crippen LogP contribution in [0.25, 0.3) is 5.65 Å². The Hall–Kier alpha value is -3.48. The van der Waals surface area contributed by atoms with Crippen molar-refractivity contribution in [3.05, 3.63) is 66.1 Å². The van der Waals surface area contributed by atoms with Crippen molar-refractivity contribution in [1.29, 1.82) is 0 Å². The van der Waals surface area contributed by atoms with Crippen molar-refractivity contribution < 1.29 is 28.9 Å². The molecule has 0 saturated carbocycles. The number of benzene rings is 1. The third-order valence-corrected chi connectivity index (χ3v) is 7.67. The van der Waals surface area contributed by atoms with Crippen LogP contribution in [0.15, 0.2) is 59.9 Å². The molecule has 2 heterocycles. The Morgan fingerprint density at radius 1 is 1.05 bits per heavy atom. The van der Waals surface area contributed by atoms with Crippen LogP contribution in [-0.2, 0) is 26.0 Å². The lowest BCUT2D eigenvalue weighted by Gasteiger charge is -2.22. The van der Waals surface area contributed by atoms with E-state index in [-0.39, 0.29) is 31.9 Å². The number of nitrogens with one attached hydrogen (secondary N) is 2. The molecule has 0 radical (unpaired) electrons. The van der Waals surface area contributed by atoms with Crippen LogP contribution in [0.5, 0.6) is 0 Å². The summed E-state index contributed by atoms with van der Waals surface area (Å²) in [6, 6.07) is 9.99. The van der Waals surface area contributed by atoms with Crippen LogP contribution < -0.4 is 10.6 Å². The van der Waals surface area contributed by atoms with Crippen LogP contribution in [0.4, 0.5) is 4.79 Å². The number of fused-ring (bicyclic) bond motifs is 1. The summed E-state index contributed by atoms with van der Waals surface area (Å²) in [6.45, 7) is 9.17. The molecule has 0 saturated heterocycles. The predicted molar refractivity (Wildman–Crippen MR) is 154 cm³/mol. The molecule has 11 nitrogen and oxygen atoms in total. The van der Waals surface area contributed by atoms with Gasteiger partial charge in [0.25, 0.3) is 5.91 Å². The van der Waals surface area contributed by atoms with Gasteiger partial charge in [-0.3, -0.25) is 4.79 Å². The normalized spacial score (nSPS) is 12.0. The molecule has 0 atom stereocenters. The van der Waals surface area contributed by atoms with E-state index in [4.69, 9.17) is 9.47 Å². The summed E-state index contributed by atoms with van der Waals surface area (Å²) in [5.41, 5.74) is 1.48. The SMILES string of the molecule is CCCN(CCOCCCNC(=O)OC(C)(C)C)S(=O)(=O)c1ccc(CNC(=O)c2ccc3nccn3c2)cc1.[HH]. The molecule has 3 rings (SSSR count). The van der Waals surface area contributed by atoms with E-state index in [2.05, 4.69) is 15.6 Å². The van der Waals surface area contributed by atoms with Gasteiger partial charge in [-0.2, -0.15) is 4.31 Å². The van der Waals surface area contributed by atoms with Crippen LogP contribution in [0.1, 0.15) is 57.9 Å². The minimum absolute atomic E-state index is 0. The summed E-state index contributed by atoms with van der Waals surface area (Å²) >= 11 is 0. The zero-order chi connectivity index (χ0) is 29.2. The highest BCUT2D eigenvalue weighted by Crippen LogP contribution is 2.17. The maximum Gasteiger partial charge on any atom is 0.407 e. The first-order valence-electron chi connectivity index (χ1n) is 13.3. The molecule has 0 bridgehead atoms. The van der Waals surface area contributed by atoms with Crippen molar-refractivity contribution in [2.75, 3.05) is 32.8 Å². The molecule has 40 heavy (non-hydrogen) atoms. The topological polar surface area (TPSA) is 131 Å². The van der Waals surface area contributed by atoms with E-state index in [0.29, 0.717) is 38.1 Å². The number of ether oxygens (including phenoxy) is 2. The second-order valence-electron chi connectivity index (χ2n) is 10.2. The first-order chi connectivity index (χ1) is 19.0. The molecule has 3 aromatic rings. The number of alkyl carbamates (subject to hydrolysis) is 1. The molecule has 0 unspecified atom stereocenters. The molecule has 1 aromatic carbocycles. The lowest BCUT2D eigenvalue weighted by molar-refractivity contribution is 0.0518. The number of aromatic nitrogens is 2. The van der Waals surface area contributed by atoms with Gasteiger partial charge in [-0.15, -0.1) is 0 Å². The number of hydrogen-bond donors (Lipinski definition) is 2. The lowest BCUT2D eigenvalue weighted by Crippen LogP contribution is -2.35. The number of carbonyl (C=O) groups is 2. The van der Waals surface area contributed by atoms with Crippen LogP contribution in [0.3, 0.4) is 0 Å². The Balaban J connectivity index is 0.00000588.